The molecule has 2 amide bonds. The maximum atomic E-state index is 13.4. The number of carbonyl (C=O) groups excluding carboxylic acids is 5. The molecule has 0 saturated heterocycles. The van der Waals surface area contributed by atoms with Gasteiger partial charge < -0.3 is 32.4 Å². The minimum atomic E-state index is -1.08. The lowest BCUT2D eigenvalue weighted by Gasteiger charge is -2.23. The van der Waals surface area contributed by atoms with Gasteiger partial charge in [-0.1, -0.05) is 54.6 Å². The van der Waals surface area contributed by atoms with Crippen LogP contribution in [0.2, 0.25) is 0 Å². The number of ketones is 3. The number of amides is 2. The topological polar surface area (TPSA) is 225 Å². The van der Waals surface area contributed by atoms with Gasteiger partial charge >= 0.3 is 5.97 Å². The molecule has 12 nitrogen and oxygen atoms in total. The lowest BCUT2D eigenvalue weighted by molar-refractivity contribution is -0.137. The Balaban J connectivity index is 2.15. The van der Waals surface area contributed by atoms with Gasteiger partial charge in [-0.2, -0.15) is 0 Å². The van der Waals surface area contributed by atoms with Crippen molar-refractivity contribution in [2.24, 2.45) is 34.0 Å². The van der Waals surface area contributed by atoms with Gasteiger partial charge in [0, 0.05) is 48.8 Å². The highest BCUT2D eigenvalue weighted by atomic mass is 16.4. The Bertz CT molecular complexity index is 1340. The molecule has 0 saturated carbocycles. The van der Waals surface area contributed by atoms with Crippen LogP contribution in [0.15, 0.2) is 59.6 Å². The van der Waals surface area contributed by atoms with Crippen molar-refractivity contribution in [2.75, 3.05) is 6.54 Å². The maximum absolute atomic E-state index is 13.4. The number of carboxylic acids is 1. The number of carboxylic acid groups (broad SMARTS) is 1. The summed E-state index contributed by atoms with van der Waals surface area (Å²) in [5.74, 6) is -4.91. The Kier molecular flexibility index (Phi) is 14.4. The number of rotatable bonds is 20. The second-order valence-corrected chi connectivity index (χ2v) is 10.8. The number of benzene rings is 2. The zero-order valence-electron chi connectivity index (χ0n) is 24.9. The van der Waals surface area contributed by atoms with Gasteiger partial charge in [-0.15, -0.1) is 0 Å². The highest BCUT2D eigenvalue weighted by Crippen LogP contribution is 2.19. The predicted molar refractivity (Wildman–Crippen MR) is 164 cm³/mol. The lowest BCUT2D eigenvalue weighted by atomic mass is 9.89. The minimum absolute atomic E-state index is 0.0272. The Hall–Kier alpha value is -4.87. The Labute approximate surface area is 256 Å². The van der Waals surface area contributed by atoms with Gasteiger partial charge in [0.15, 0.2) is 17.5 Å². The average Bonchev–Trinajstić information content (AvgIpc) is 2.97. The molecule has 12 heteroatoms. The van der Waals surface area contributed by atoms with E-state index in [-0.39, 0.29) is 69.0 Å². The van der Waals surface area contributed by atoms with Crippen molar-refractivity contribution < 1.29 is 33.9 Å². The third-order valence-corrected chi connectivity index (χ3v) is 7.08. The van der Waals surface area contributed by atoms with E-state index in [1.165, 1.54) is 6.92 Å². The van der Waals surface area contributed by atoms with Crippen molar-refractivity contribution >= 4 is 41.1 Å². The number of aliphatic carboxylic acids is 1. The molecule has 8 N–H and O–H groups in total. The van der Waals surface area contributed by atoms with Crippen LogP contribution < -0.4 is 22.5 Å². The fraction of sp³-hybridized carbons (Fsp3) is 0.406. The fourth-order valence-corrected chi connectivity index (χ4v) is 4.77. The number of hydrogen-bond acceptors (Lipinski definition) is 7. The monoisotopic (exact) mass is 607 g/mol. The van der Waals surface area contributed by atoms with Crippen molar-refractivity contribution in [3.05, 3.63) is 71.3 Å². The van der Waals surface area contributed by atoms with Crippen molar-refractivity contribution in [3.8, 4) is 0 Å². The van der Waals surface area contributed by atoms with Gasteiger partial charge in [-0.05, 0) is 44.6 Å². The third-order valence-electron chi connectivity index (χ3n) is 7.08. The molecule has 44 heavy (non-hydrogen) atoms. The summed E-state index contributed by atoms with van der Waals surface area (Å²) in [4.78, 5) is 78.5. The summed E-state index contributed by atoms with van der Waals surface area (Å²) in [6, 6.07) is 14.4. The molecule has 236 valence electrons. The van der Waals surface area contributed by atoms with Crippen LogP contribution in [0.25, 0.3) is 0 Å². The molecule has 0 bridgehead atoms. The Morgan fingerprint density at radius 3 is 2.02 bits per heavy atom. The summed E-state index contributed by atoms with van der Waals surface area (Å²) in [5, 5.41) is 11.8. The number of aliphatic imine (C=N–C) groups is 1. The SMILES string of the molecule is CC(=O)CC(CCCN=C(N)N)C(=O)NC(CCCC(=O)O)C(=O)CC(Cc1ccc(C(=O)c2ccccc2)cc1)C(N)=O. The second-order valence-electron chi connectivity index (χ2n) is 10.8. The molecule has 0 spiro atoms. The molecule has 2 rings (SSSR count). The number of Topliss-reactive ketones (excluding diaryl/α,β-unsaturated/α-hetero) is 2. The largest absolute Gasteiger partial charge is 0.481 e. The molecule has 0 heterocycles. The van der Waals surface area contributed by atoms with Crippen LogP contribution in [-0.4, -0.2) is 58.8 Å². The summed E-state index contributed by atoms with van der Waals surface area (Å²) in [6.45, 7) is 1.61. The van der Waals surface area contributed by atoms with Crippen LogP contribution >= 0.6 is 0 Å². The van der Waals surface area contributed by atoms with Gasteiger partial charge in [0.2, 0.25) is 11.8 Å². The van der Waals surface area contributed by atoms with Crippen molar-refractivity contribution in [1.82, 2.24) is 5.32 Å². The number of carbonyl (C=O) groups is 6. The molecule has 0 aliphatic rings. The molecule has 2 aromatic rings. The first kappa shape index (κ1) is 35.3. The Morgan fingerprint density at radius 1 is 0.818 bits per heavy atom. The highest BCUT2D eigenvalue weighted by Gasteiger charge is 2.29. The minimum Gasteiger partial charge on any atom is -0.481 e. The van der Waals surface area contributed by atoms with E-state index < -0.39 is 41.4 Å². The number of hydrogen-bond donors (Lipinski definition) is 5. The van der Waals surface area contributed by atoms with Crippen LogP contribution in [0.1, 0.15) is 73.4 Å². The van der Waals surface area contributed by atoms with E-state index in [1.807, 2.05) is 6.07 Å². The molecule has 0 fully saturated rings. The van der Waals surface area contributed by atoms with Crippen LogP contribution in [0.4, 0.5) is 0 Å². The molecule has 0 radical (unpaired) electrons. The number of nitrogens with two attached hydrogens (primary N) is 3. The smallest absolute Gasteiger partial charge is 0.303 e. The van der Waals surface area contributed by atoms with Crippen LogP contribution in [0.3, 0.4) is 0 Å². The van der Waals surface area contributed by atoms with Crippen LogP contribution in [0.5, 0.6) is 0 Å². The van der Waals surface area contributed by atoms with E-state index in [9.17, 15) is 28.8 Å². The van der Waals surface area contributed by atoms with Gasteiger partial charge in [-0.3, -0.25) is 29.0 Å². The average molecular weight is 608 g/mol. The normalized spacial score (nSPS) is 12.8. The summed E-state index contributed by atoms with van der Waals surface area (Å²) in [6.07, 6.45) is 0.379. The lowest BCUT2D eigenvalue weighted by Crippen LogP contribution is -2.45. The number of nitrogens with one attached hydrogen (secondary N) is 1. The number of guanidine groups is 1. The van der Waals surface area contributed by atoms with Gasteiger partial charge in [0.05, 0.1) is 6.04 Å². The molecule has 3 atom stereocenters. The van der Waals surface area contributed by atoms with Crippen LogP contribution in [-0.2, 0) is 30.4 Å². The van der Waals surface area contributed by atoms with Gasteiger partial charge in [0.1, 0.15) is 5.78 Å². The van der Waals surface area contributed by atoms with E-state index in [0.29, 0.717) is 23.1 Å². The number of primary amides is 1. The van der Waals surface area contributed by atoms with Gasteiger partial charge in [-0.25, -0.2) is 0 Å². The molecular formula is C32H41N5O7. The Morgan fingerprint density at radius 2 is 1.45 bits per heavy atom. The summed E-state index contributed by atoms with van der Waals surface area (Å²) in [7, 11) is 0. The molecule has 0 aliphatic heterocycles. The highest BCUT2D eigenvalue weighted by molar-refractivity contribution is 6.09. The molecule has 3 unspecified atom stereocenters. The first-order valence-electron chi connectivity index (χ1n) is 14.4. The summed E-state index contributed by atoms with van der Waals surface area (Å²) < 4.78 is 0. The predicted octanol–water partition coefficient (Wildman–Crippen LogP) is 1.91. The van der Waals surface area contributed by atoms with Crippen molar-refractivity contribution in [2.45, 2.75) is 64.3 Å². The summed E-state index contributed by atoms with van der Waals surface area (Å²) in [5.41, 5.74) is 18.0. The first-order chi connectivity index (χ1) is 20.9. The molecule has 0 aromatic heterocycles. The van der Waals surface area contributed by atoms with E-state index in [4.69, 9.17) is 22.3 Å². The first-order valence-corrected chi connectivity index (χ1v) is 14.4. The fourth-order valence-electron chi connectivity index (χ4n) is 4.77. The molecule has 2 aromatic carbocycles. The van der Waals surface area contributed by atoms with E-state index >= 15 is 0 Å². The standard InChI is InChI=1S/C32H41N5O7/c1-20(38)17-24(9-6-16-36-32(34)35)31(44)37-26(10-5-11-28(40)41)27(39)19-25(30(33)43)18-21-12-14-23(15-13-21)29(42)22-7-3-2-4-8-22/h2-4,7-8,12-15,24-26H,5-6,9-11,16-19H2,1H3,(H2,33,43)(H,37,44)(H,40,41)(H4,34,35,36). The zero-order chi connectivity index (χ0) is 32.6. The van der Waals surface area contributed by atoms with Crippen LogP contribution in [0, 0.1) is 11.8 Å². The number of nitrogens with zero attached hydrogens (tertiary/aromatic N) is 1. The van der Waals surface area contributed by atoms with Crippen molar-refractivity contribution in [1.29, 1.82) is 0 Å². The maximum Gasteiger partial charge on any atom is 0.303 e. The van der Waals surface area contributed by atoms with Crippen molar-refractivity contribution in [3.63, 3.8) is 0 Å². The van der Waals surface area contributed by atoms with Gasteiger partial charge in [0.25, 0.3) is 0 Å². The van der Waals surface area contributed by atoms with E-state index in [2.05, 4.69) is 10.3 Å². The van der Waals surface area contributed by atoms with E-state index in [1.54, 1.807) is 48.5 Å². The third kappa shape index (κ3) is 12.6. The summed E-state index contributed by atoms with van der Waals surface area (Å²) >= 11 is 0. The van der Waals surface area contributed by atoms with E-state index in [0.717, 1.165) is 0 Å². The molecular weight excluding hydrogens is 566 g/mol. The second kappa shape index (κ2) is 17.9. The molecule has 0 aliphatic carbocycles. The zero-order valence-corrected chi connectivity index (χ0v) is 24.9. The quantitative estimate of drug-likeness (QED) is 0.0640.